The minimum Gasteiger partial charge on any atom is -0.469 e. The molecule has 5 nitrogen and oxygen atoms in total. The molecule has 0 bridgehead atoms. The summed E-state index contributed by atoms with van der Waals surface area (Å²) in [6, 6.07) is 3.97. The first-order valence-electron chi connectivity index (χ1n) is 10.5. The minimum atomic E-state index is 0. The van der Waals surface area contributed by atoms with E-state index in [2.05, 4.69) is 16.5 Å². The quantitative estimate of drug-likeness (QED) is 0.226. The molecular weight excluding hydrogens is 485 g/mol. The van der Waals surface area contributed by atoms with Gasteiger partial charge in [-0.3, -0.25) is 4.99 Å². The monoisotopic (exact) mass is 521 g/mol. The van der Waals surface area contributed by atoms with Gasteiger partial charge in [0.15, 0.2) is 5.96 Å². The van der Waals surface area contributed by atoms with Gasteiger partial charge >= 0.3 is 0 Å². The molecule has 0 spiro atoms. The van der Waals surface area contributed by atoms with E-state index in [1.54, 1.807) is 6.26 Å². The number of furan rings is 1. The Morgan fingerprint density at radius 3 is 2.75 bits per heavy atom. The third kappa shape index (κ3) is 8.14. The van der Waals surface area contributed by atoms with E-state index in [4.69, 9.17) is 14.1 Å². The molecule has 160 valence electrons. The Morgan fingerprint density at radius 2 is 2.07 bits per heavy atom. The largest absolute Gasteiger partial charge is 0.469 e. The molecule has 0 radical (unpaired) electrons. The van der Waals surface area contributed by atoms with Crippen molar-refractivity contribution in [1.82, 2.24) is 10.2 Å². The Balaban J connectivity index is 0.00000280. The SMILES string of the molecule is CSCCN=C(NCCc1ccco1)N1CCC(OCC2CCCC2)CC1.I. The van der Waals surface area contributed by atoms with Crippen LogP contribution in [0.25, 0.3) is 0 Å². The molecule has 28 heavy (non-hydrogen) atoms. The Labute approximate surface area is 191 Å². The second-order valence-electron chi connectivity index (χ2n) is 7.62. The Kier molecular flexibility index (Phi) is 11.7. The van der Waals surface area contributed by atoms with Gasteiger partial charge in [0.2, 0.25) is 0 Å². The summed E-state index contributed by atoms with van der Waals surface area (Å²) in [4.78, 5) is 7.23. The van der Waals surface area contributed by atoms with Gasteiger partial charge in [0.25, 0.3) is 0 Å². The molecule has 2 heterocycles. The van der Waals surface area contributed by atoms with Crippen LogP contribution in [0, 0.1) is 5.92 Å². The molecule has 1 aliphatic heterocycles. The number of aliphatic imine (C=N–C) groups is 1. The van der Waals surface area contributed by atoms with Crippen LogP contribution in [0.4, 0.5) is 0 Å². The van der Waals surface area contributed by atoms with E-state index in [9.17, 15) is 0 Å². The second-order valence-corrected chi connectivity index (χ2v) is 8.61. The van der Waals surface area contributed by atoms with Crippen LogP contribution in [-0.2, 0) is 11.2 Å². The number of guanidine groups is 1. The van der Waals surface area contributed by atoms with Crippen molar-refractivity contribution in [2.24, 2.45) is 10.9 Å². The Morgan fingerprint density at radius 1 is 1.29 bits per heavy atom. The Hall–Kier alpha value is -0.410. The van der Waals surface area contributed by atoms with Gasteiger partial charge in [-0.2, -0.15) is 11.8 Å². The lowest BCUT2D eigenvalue weighted by Crippen LogP contribution is -2.47. The molecule has 0 amide bonds. The maximum absolute atomic E-state index is 6.22. The molecule has 0 unspecified atom stereocenters. The predicted molar refractivity (Wildman–Crippen MR) is 129 cm³/mol. The zero-order chi connectivity index (χ0) is 18.7. The van der Waals surface area contributed by atoms with Crippen LogP contribution in [0.2, 0.25) is 0 Å². The van der Waals surface area contributed by atoms with Crippen LogP contribution in [0.5, 0.6) is 0 Å². The van der Waals surface area contributed by atoms with Crippen molar-refractivity contribution in [3.8, 4) is 0 Å². The Bertz CT molecular complexity index is 542. The second kappa shape index (κ2) is 13.7. The highest BCUT2D eigenvalue weighted by atomic mass is 127. The van der Waals surface area contributed by atoms with E-state index in [0.29, 0.717) is 6.10 Å². The van der Waals surface area contributed by atoms with Gasteiger partial charge in [-0.1, -0.05) is 12.8 Å². The summed E-state index contributed by atoms with van der Waals surface area (Å²) in [5, 5.41) is 3.54. The van der Waals surface area contributed by atoms with Crippen molar-refractivity contribution >= 4 is 41.7 Å². The van der Waals surface area contributed by atoms with E-state index >= 15 is 0 Å². The number of ether oxygens (including phenoxy) is 1. The van der Waals surface area contributed by atoms with Crippen LogP contribution >= 0.6 is 35.7 Å². The smallest absolute Gasteiger partial charge is 0.193 e. The number of likely N-dealkylation sites (tertiary alicyclic amines) is 1. The maximum Gasteiger partial charge on any atom is 0.193 e. The summed E-state index contributed by atoms with van der Waals surface area (Å²) < 4.78 is 11.6. The molecule has 0 atom stereocenters. The van der Waals surface area contributed by atoms with Gasteiger partial charge < -0.3 is 19.4 Å². The highest BCUT2D eigenvalue weighted by Crippen LogP contribution is 2.26. The number of hydrogen-bond donors (Lipinski definition) is 1. The van der Waals surface area contributed by atoms with Gasteiger partial charge in [-0.15, -0.1) is 24.0 Å². The lowest BCUT2D eigenvalue weighted by molar-refractivity contribution is 0.00101. The first-order chi connectivity index (χ1) is 13.3. The van der Waals surface area contributed by atoms with Crippen molar-refractivity contribution in [3.05, 3.63) is 24.2 Å². The van der Waals surface area contributed by atoms with Crippen LogP contribution in [0.15, 0.2) is 27.8 Å². The van der Waals surface area contributed by atoms with Crippen molar-refractivity contribution in [2.75, 3.05) is 44.8 Å². The van der Waals surface area contributed by atoms with Crippen LogP contribution < -0.4 is 5.32 Å². The number of nitrogens with one attached hydrogen (secondary N) is 1. The van der Waals surface area contributed by atoms with Gasteiger partial charge in [-0.25, -0.2) is 0 Å². The minimum absolute atomic E-state index is 0. The summed E-state index contributed by atoms with van der Waals surface area (Å²) >= 11 is 1.84. The zero-order valence-corrected chi connectivity index (χ0v) is 20.3. The van der Waals surface area contributed by atoms with E-state index in [1.165, 1.54) is 25.7 Å². The molecule has 1 saturated heterocycles. The zero-order valence-electron chi connectivity index (χ0n) is 17.1. The molecule has 3 rings (SSSR count). The number of nitrogens with zero attached hydrogens (tertiary/aromatic N) is 2. The third-order valence-electron chi connectivity index (χ3n) is 5.58. The van der Waals surface area contributed by atoms with E-state index in [0.717, 1.165) is 75.4 Å². The fraction of sp³-hybridized carbons (Fsp3) is 0.762. The van der Waals surface area contributed by atoms with Gasteiger partial charge in [0.05, 0.1) is 18.9 Å². The first-order valence-corrected chi connectivity index (χ1v) is 11.9. The van der Waals surface area contributed by atoms with E-state index < -0.39 is 0 Å². The number of thioether (sulfide) groups is 1. The van der Waals surface area contributed by atoms with Gasteiger partial charge in [-0.05, 0) is 50.0 Å². The lowest BCUT2D eigenvalue weighted by Gasteiger charge is -2.34. The number of halogens is 1. The summed E-state index contributed by atoms with van der Waals surface area (Å²) in [7, 11) is 0. The fourth-order valence-corrected chi connectivity index (χ4v) is 4.22. The van der Waals surface area contributed by atoms with E-state index in [1.807, 2.05) is 23.9 Å². The average Bonchev–Trinajstić information content (AvgIpc) is 3.40. The number of rotatable bonds is 9. The number of piperidine rings is 1. The van der Waals surface area contributed by atoms with Crippen molar-refractivity contribution in [2.45, 2.75) is 51.0 Å². The summed E-state index contributed by atoms with van der Waals surface area (Å²) in [5.74, 6) is 3.94. The average molecular weight is 522 g/mol. The third-order valence-corrected chi connectivity index (χ3v) is 6.17. The van der Waals surface area contributed by atoms with Crippen molar-refractivity contribution in [3.63, 3.8) is 0 Å². The van der Waals surface area contributed by atoms with Gasteiger partial charge in [0, 0.05) is 38.4 Å². The van der Waals surface area contributed by atoms with Crippen molar-refractivity contribution in [1.29, 1.82) is 0 Å². The van der Waals surface area contributed by atoms with E-state index in [-0.39, 0.29) is 24.0 Å². The summed E-state index contributed by atoms with van der Waals surface area (Å²) in [5.41, 5.74) is 0. The molecule has 1 aromatic rings. The van der Waals surface area contributed by atoms with Crippen molar-refractivity contribution < 1.29 is 9.15 Å². The first kappa shape index (κ1) is 23.9. The lowest BCUT2D eigenvalue weighted by atomic mass is 10.1. The molecule has 1 aliphatic carbocycles. The van der Waals surface area contributed by atoms with Gasteiger partial charge in [0.1, 0.15) is 5.76 Å². The maximum atomic E-state index is 6.22. The van der Waals surface area contributed by atoms with Crippen LogP contribution in [0.3, 0.4) is 0 Å². The summed E-state index contributed by atoms with van der Waals surface area (Å²) in [6.45, 7) is 4.75. The summed E-state index contributed by atoms with van der Waals surface area (Å²) in [6.07, 6.45) is 12.9. The highest BCUT2D eigenvalue weighted by Gasteiger charge is 2.24. The molecule has 1 N–H and O–H groups in total. The van der Waals surface area contributed by atoms with Crippen LogP contribution in [-0.4, -0.2) is 61.8 Å². The molecule has 7 heteroatoms. The molecular formula is C21H36IN3O2S. The molecule has 2 fully saturated rings. The molecule has 1 aromatic heterocycles. The number of hydrogen-bond acceptors (Lipinski definition) is 4. The normalized spacial score (nSPS) is 19.0. The standard InChI is InChI=1S/C21H35N3O2S.HI/c1-27-16-12-23-21(22-11-8-19-7-4-15-25-19)24-13-9-20(10-14-24)26-17-18-5-2-3-6-18;/h4,7,15,18,20H,2-3,5-6,8-14,16-17H2,1H3,(H,22,23);1H. The predicted octanol–water partition coefficient (Wildman–Crippen LogP) is 4.42. The fourth-order valence-electron chi connectivity index (χ4n) is 3.95. The topological polar surface area (TPSA) is 50.0 Å². The molecule has 2 aliphatic rings. The molecule has 0 aromatic carbocycles. The highest BCUT2D eigenvalue weighted by molar-refractivity contribution is 14.0. The molecule has 1 saturated carbocycles. The van der Waals surface area contributed by atoms with Crippen LogP contribution in [0.1, 0.15) is 44.3 Å².